The standard InChI is InChI=1S/C6H12N2O2/c1-5(9)6(7-2)3-4-8-10/h6-7H,3-4H2,1-2H3. The van der Waals surface area contributed by atoms with Gasteiger partial charge >= 0.3 is 0 Å². The van der Waals surface area contributed by atoms with Gasteiger partial charge in [0.1, 0.15) is 5.78 Å². The third-order valence-corrected chi connectivity index (χ3v) is 1.35. The molecular weight excluding hydrogens is 132 g/mol. The quantitative estimate of drug-likeness (QED) is 0.565. The predicted molar refractivity (Wildman–Crippen MR) is 38.8 cm³/mol. The lowest BCUT2D eigenvalue weighted by molar-refractivity contribution is -0.118. The molecule has 0 heterocycles. The van der Waals surface area contributed by atoms with Gasteiger partial charge in [0, 0.05) is 0 Å². The molecule has 10 heavy (non-hydrogen) atoms. The number of hydrogen-bond donors (Lipinski definition) is 1. The van der Waals surface area contributed by atoms with Gasteiger partial charge in [0.15, 0.2) is 0 Å². The lowest BCUT2D eigenvalue weighted by Gasteiger charge is -2.08. The molecule has 4 heteroatoms. The van der Waals surface area contributed by atoms with E-state index in [1.165, 1.54) is 6.92 Å². The topological polar surface area (TPSA) is 58.5 Å². The van der Waals surface area contributed by atoms with E-state index in [0.29, 0.717) is 6.42 Å². The Kier molecular flexibility index (Phi) is 4.66. The summed E-state index contributed by atoms with van der Waals surface area (Å²) in [6.07, 6.45) is 0.495. The Hall–Kier alpha value is -0.770. The minimum Gasteiger partial charge on any atom is -0.311 e. The molecule has 0 saturated heterocycles. The van der Waals surface area contributed by atoms with E-state index in [-0.39, 0.29) is 18.4 Å². The van der Waals surface area contributed by atoms with Crippen LogP contribution in [0, 0.1) is 4.91 Å². The number of ketones is 1. The molecule has 58 valence electrons. The molecule has 1 atom stereocenters. The summed E-state index contributed by atoms with van der Waals surface area (Å²) in [7, 11) is 1.69. The first kappa shape index (κ1) is 9.23. The van der Waals surface area contributed by atoms with Crippen molar-refractivity contribution in [3.8, 4) is 0 Å². The Morgan fingerprint density at radius 2 is 2.30 bits per heavy atom. The molecule has 0 spiro atoms. The molecule has 0 radical (unpaired) electrons. The average Bonchev–Trinajstić information content (AvgIpc) is 1.89. The van der Waals surface area contributed by atoms with Gasteiger partial charge in [0.05, 0.1) is 12.6 Å². The van der Waals surface area contributed by atoms with E-state index in [2.05, 4.69) is 10.5 Å². The maximum absolute atomic E-state index is 10.7. The van der Waals surface area contributed by atoms with Gasteiger partial charge in [-0.05, 0) is 20.4 Å². The van der Waals surface area contributed by atoms with Gasteiger partial charge in [-0.3, -0.25) is 4.79 Å². The van der Waals surface area contributed by atoms with E-state index in [1.807, 2.05) is 0 Å². The fraction of sp³-hybridized carbons (Fsp3) is 0.833. The van der Waals surface area contributed by atoms with E-state index >= 15 is 0 Å². The third-order valence-electron chi connectivity index (χ3n) is 1.35. The van der Waals surface area contributed by atoms with Crippen LogP contribution in [0.5, 0.6) is 0 Å². The molecule has 0 aromatic rings. The highest BCUT2D eigenvalue weighted by molar-refractivity contribution is 5.81. The minimum atomic E-state index is -0.210. The number of carbonyl (C=O) groups excluding carboxylic acids is 1. The Morgan fingerprint density at radius 1 is 1.70 bits per heavy atom. The Morgan fingerprint density at radius 3 is 2.60 bits per heavy atom. The van der Waals surface area contributed by atoms with E-state index in [0.717, 1.165) is 0 Å². The molecule has 0 aromatic carbocycles. The van der Waals surface area contributed by atoms with Gasteiger partial charge < -0.3 is 5.32 Å². The number of nitrogens with one attached hydrogen (secondary N) is 1. The van der Waals surface area contributed by atoms with Gasteiger partial charge in [-0.25, -0.2) is 0 Å². The number of hydrogen-bond acceptors (Lipinski definition) is 4. The lowest BCUT2D eigenvalue weighted by Crippen LogP contribution is -2.32. The van der Waals surface area contributed by atoms with Crippen LogP contribution in [-0.2, 0) is 4.79 Å². The second-order valence-corrected chi connectivity index (χ2v) is 2.09. The molecule has 0 saturated carbocycles. The van der Waals surface area contributed by atoms with Crippen LogP contribution in [0.3, 0.4) is 0 Å². The average molecular weight is 144 g/mol. The van der Waals surface area contributed by atoms with Gasteiger partial charge in [-0.1, -0.05) is 5.18 Å². The zero-order chi connectivity index (χ0) is 7.98. The van der Waals surface area contributed by atoms with E-state index in [4.69, 9.17) is 0 Å². The van der Waals surface area contributed by atoms with Gasteiger partial charge in [-0.15, -0.1) is 0 Å². The predicted octanol–water partition coefficient (Wildman–Crippen LogP) is 0.320. The highest BCUT2D eigenvalue weighted by Gasteiger charge is 2.09. The fourth-order valence-electron chi connectivity index (χ4n) is 0.733. The summed E-state index contributed by atoms with van der Waals surface area (Å²) in [5.41, 5.74) is 0. The van der Waals surface area contributed by atoms with Crippen LogP contribution >= 0.6 is 0 Å². The summed E-state index contributed by atoms with van der Waals surface area (Å²) < 4.78 is 0. The number of Topliss-reactive ketones (excluding diaryl/α,β-unsaturated/α-hetero) is 1. The molecule has 0 amide bonds. The molecule has 1 unspecified atom stereocenters. The van der Waals surface area contributed by atoms with Crippen molar-refractivity contribution >= 4 is 5.78 Å². The summed E-state index contributed by atoms with van der Waals surface area (Å²) >= 11 is 0. The second-order valence-electron chi connectivity index (χ2n) is 2.09. The van der Waals surface area contributed by atoms with Gasteiger partial charge in [0.2, 0.25) is 0 Å². The van der Waals surface area contributed by atoms with E-state index < -0.39 is 0 Å². The molecule has 0 aliphatic carbocycles. The zero-order valence-corrected chi connectivity index (χ0v) is 6.26. The molecule has 0 aromatic heterocycles. The number of nitroso groups, excluding NO2 is 1. The summed E-state index contributed by atoms with van der Waals surface area (Å²) in [6.45, 7) is 1.69. The summed E-state index contributed by atoms with van der Waals surface area (Å²) in [6, 6.07) is -0.210. The van der Waals surface area contributed by atoms with Crippen LogP contribution in [0.25, 0.3) is 0 Å². The van der Waals surface area contributed by atoms with Gasteiger partial charge in [0.25, 0.3) is 0 Å². The zero-order valence-electron chi connectivity index (χ0n) is 6.26. The molecular formula is C6H12N2O2. The van der Waals surface area contributed by atoms with Crippen LogP contribution in [0.4, 0.5) is 0 Å². The highest BCUT2D eigenvalue weighted by Crippen LogP contribution is 1.92. The third kappa shape index (κ3) is 3.29. The lowest BCUT2D eigenvalue weighted by atomic mass is 10.1. The van der Waals surface area contributed by atoms with Crippen LogP contribution in [0.2, 0.25) is 0 Å². The molecule has 0 aliphatic rings. The van der Waals surface area contributed by atoms with Crippen LogP contribution < -0.4 is 5.32 Å². The fourth-order valence-corrected chi connectivity index (χ4v) is 0.733. The summed E-state index contributed by atoms with van der Waals surface area (Å²) in [5.74, 6) is 0.0474. The van der Waals surface area contributed by atoms with Crippen LogP contribution in [0.15, 0.2) is 5.18 Å². The molecule has 0 aliphatic heterocycles. The SMILES string of the molecule is CNC(CCN=O)C(C)=O. The van der Waals surface area contributed by atoms with Crippen molar-refractivity contribution in [2.75, 3.05) is 13.6 Å². The smallest absolute Gasteiger partial charge is 0.146 e. The molecule has 0 fully saturated rings. The Balaban J connectivity index is 3.60. The maximum atomic E-state index is 10.7. The first-order valence-electron chi connectivity index (χ1n) is 3.19. The van der Waals surface area contributed by atoms with Gasteiger partial charge in [-0.2, -0.15) is 4.91 Å². The number of nitrogens with zero attached hydrogens (tertiary/aromatic N) is 1. The van der Waals surface area contributed by atoms with Crippen molar-refractivity contribution in [3.63, 3.8) is 0 Å². The number of carbonyl (C=O) groups is 1. The van der Waals surface area contributed by atoms with Crippen LogP contribution in [-0.4, -0.2) is 25.4 Å². The maximum Gasteiger partial charge on any atom is 0.146 e. The van der Waals surface area contributed by atoms with Crippen LogP contribution in [0.1, 0.15) is 13.3 Å². The highest BCUT2D eigenvalue weighted by atomic mass is 16.3. The first-order valence-corrected chi connectivity index (χ1v) is 3.19. The molecule has 0 rings (SSSR count). The summed E-state index contributed by atoms with van der Waals surface area (Å²) in [5, 5.41) is 5.45. The molecule has 0 bridgehead atoms. The number of rotatable bonds is 5. The molecule has 4 nitrogen and oxygen atoms in total. The van der Waals surface area contributed by atoms with Crippen molar-refractivity contribution in [2.24, 2.45) is 5.18 Å². The van der Waals surface area contributed by atoms with Crippen molar-refractivity contribution in [1.82, 2.24) is 5.32 Å². The summed E-state index contributed by atoms with van der Waals surface area (Å²) in [4.78, 5) is 20.3. The second kappa shape index (κ2) is 5.05. The number of likely N-dealkylation sites (N-methyl/N-ethyl adjacent to an activating group) is 1. The van der Waals surface area contributed by atoms with Crippen molar-refractivity contribution in [3.05, 3.63) is 4.91 Å². The largest absolute Gasteiger partial charge is 0.311 e. The van der Waals surface area contributed by atoms with Crippen molar-refractivity contribution in [2.45, 2.75) is 19.4 Å². The normalized spacial score (nSPS) is 12.6. The molecule has 1 N–H and O–H groups in total. The first-order chi connectivity index (χ1) is 4.72. The van der Waals surface area contributed by atoms with Crippen molar-refractivity contribution in [1.29, 1.82) is 0 Å². The van der Waals surface area contributed by atoms with E-state index in [9.17, 15) is 9.70 Å². The Labute approximate surface area is 60.0 Å². The monoisotopic (exact) mass is 144 g/mol. The van der Waals surface area contributed by atoms with E-state index in [1.54, 1.807) is 7.05 Å². The van der Waals surface area contributed by atoms with Crippen molar-refractivity contribution < 1.29 is 4.79 Å². The minimum absolute atomic E-state index is 0.0474. The Bertz CT molecular complexity index is 125.